The van der Waals surface area contributed by atoms with Crippen molar-refractivity contribution in [3.05, 3.63) is 66.7 Å². The maximum absolute atomic E-state index is 9.75. The Hall–Kier alpha value is -2.83. The molecule has 0 aliphatic carbocycles. The average Bonchev–Trinajstić information content (AvgIpc) is 2.94. The Morgan fingerprint density at radius 2 is 1.29 bits per heavy atom. The molecule has 4 rings (SSSR count). The van der Waals surface area contributed by atoms with E-state index in [0.717, 1.165) is 27.5 Å². The molecule has 0 fully saturated rings. The summed E-state index contributed by atoms with van der Waals surface area (Å²) in [6.07, 6.45) is 0. The summed E-state index contributed by atoms with van der Waals surface area (Å²) in [6.45, 7) is 0. The van der Waals surface area contributed by atoms with Crippen LogP contribution in [0, 0.1) is 0 Å². The molecule has 0 N–H and O–H groups in total. The van der Waals surface area contributed by atoms with Crippen LogP contribution < -0.4 is 0 Å². The van der Waals surface area contributed by atoms with E-state index in [1.807, 2.05) is 54.6 Å². The number of rotatable bonds is 1. The highest BCUT2D eigenvalue weighted by Crippen LogP contribution is 2.30. The summed E-state index contributed by atoms with van der Waals surface area (Å²) in [5.74, 6) is 0.547. The molecule has 0 spiro atoms. The minimum absolute atomic E-state index is 0.547. The largest absolute Gasteiger partial charge is 0.673 e. The number of fused-ring (bicyclic) bond motifs is 2. The molecule has 0 aliphatic rings. The van der Waals surface area contributed by atoms with Gasteiger partial charge in [-0.05, 0) is 22.9 Å². The quantitative estimate of drug-likeness (QED) is 0.228. The van der Waals surface area contributed by atoms with Gasteiger partial charge in [0.15, 0.2) is 0 Å². The summed E-state index contributed by atoms with van der Waals surface area (Å²) < 4.78 is 50.6. The maximum Gasteiger partial charge on any atom is 0.673 e. The summed E-state index contributed by atoms with van der Waals surface area (Å²) in [5, 5.41) is 2.30. The lowest BCUT2D eigenvalue weighted by atomic mass is 10.1. The molecule has 2 nitrogen and oxygen atoms in total. The van der Waals surface area contributed by atoms with Crippen LogP contribution in [0.3, 0.4) is 0 Å². The number of benzene rings is 3. The van der Waals surface area contributed by atoms with E-state index >= 15 is 0 Å². The third-order valence-electron chi connectivity index (χ3n) is 3.23. The van der Waals surface area contributed by atoms with Crippen molar-refractivity contribution in [1.82, 2.24) is 0 Å². The Bertz CT molecular complexity index is 906. The van der Waals surface area contributed by atoms with Gasteiger partial charge in [-0.3, -0.25) is 8.83 Å². The first-order chi connectivity index (χ1) is 11.4. The molecule has 1 heterocycles. The van der Waals surface area contributed by atoms with Gasteiger partial charge in [0.2, 0.25) is 0 Å². The molecule has 0 atom stereocenters. The molecule has 3 aromatic carbocycles. The van der Waals surface area contributed by atoms with E-state index in [1.165, 1.54) is 0 Å². The molecule has 0 bridgehead atoms. The van der Waals surface area contributed by atoms with Gasteiger partial charge in [-0.25, -0.2) is 0 Å². The van der Waals surface area contributed by atoms with Crippen molar-refractivity contribution in [1.29, 1.82) is 0 Å². The van der Waals surface area contributed by atoms with E-state index in [2.05, 4.69) is 12.1 Å². The molecular weight excluding hydrogens is 323 g/mol. The van der Waals surface area contributed by atoms with Crippen molar-refractivity contribution in [3.63, 3.8) is 0 Å². The zero-order valence-electron chi connectivity index (χ0n) is 12.3. The van der Waals surface area contributed by atoms with Gasteiger partial charge in [0.25, 0.3) is 0 Å². The highest BCUT2D eigenvalue weighted by Gasteiger charge is 2.22. The van der Waals surface area contributed by atoms with Crippen molar-refractivity contribution in [2.75, 3.05) is 0 Å². The van der Waals surface area contributed by atoms with Gasteiger partial charge in [-0.2, -0.15) is 0 Å². The minimum atomic E-state index is -6.00. The Kier molecular flexibility index (Phi) is 4.25. The van der Waals surface area contributed by atoms with Crippen LogP contribution in [-0.4, -0.2) is 7.25 Å². The Morgan fingerprint density at radius 1 is 0.750 bits per heavy atom. The highest BCUT2D eigenvalue weighted by atomic mass is 19.5. The first-order valence-corrected chi connectivity index (χ1v) is 7.08. The first kappa shape index (κ1) is 16.0. The van der Waals surface area contributed by atoms with E-state index in [9.17, 15) is 17.3 Å². The number of hydrogen-bond donors (Lipinski definition) is 0. The van der Waals surface area contributed by atoms with Crippen LogP contribution in [0.4, 0.5) is 17.3 Å². The second kappa shape index (κ2) is 6.35. The number of hydrogen-bond acceptors (Lipinski definition) is 1. The Balaban J connectivity index is 0.000000300. The standard InChI is InChI=1S/C17H11O2.BF4/c1-2-6-12(7-3-1)17-18-15-10-13-8-4-5-9-14(13)11-16(15)19-17;2-1(3,4)5/h1-11H;/q+1;-1. The van der Waals surface area contributed by atoms with Crippen molar-refractivity contribution < 1.29 is 26.1 Å². The Labute approximate surface area is 134 Å². The van der Waals surface area contributed by atoms with Crippen LogP contribution in [0.2, 0.25) is 0 Å². The maximum atomic E-state index is 9.75. The van der Waals surface area contributed by atoms with Crippen LogP contribution in [0.25, 0.3) is 33.5 Å². The third-order valence-corrected chi connectivity index (χ3v) is 3.23. The van der Waals surface area contributed by atoms with Crippen molar-refractivity contribution in [2.45, 2.75) is 0 Å². The lowest BCUT2D eigenvalue weighted by Gasteiger charge is -1.94. The van der Waals surface area contributed by atoms with Gasteiger partial charge < -0.3 is 17.3 Å². The molecule has 0 radical (unpaired) electrons. The number of halogens is 4. The van der Waals surface area contributed by atoms with E-state index < -0.39 is 7.25 Å². The van der Waals surface area contributed by atoms with E-state index in [1.54, 1.807) is 0 Å². The minimum Gasteiger partial charge on any atom is -0.418 e. The summed E-state index contributed by atoms with van der Waals surface area (Å²) in [6, 6.07) is 22.1. The molecule has 24 heavy (non-hydrogen) atoms. The molecule has 0 saturated heterocycles. The average molecular weight is 334 g/mol. The lowest BCUT2D eigenvalue weighted by molar-refractivity contribution is 0.368. The normalized spacial score (nSPS) is 11.3. The zero-order chi connectivity index (χ0) is 17.2. The van der Waals surface area contributed by atoms with Crippen LogP contribution in [0.5, 0.6) is 0 Å². The fourth-order valence-corrected chi connectivity index (χ4v) is 2.27. The van der Waals surface area contributed by atoms with Crippen molar-refractivity contribution in [2.24, 2.45) is 0 Å². The molecule has 122 valence electrons. The van der Waals surface area contributed by atoms with Crippen molar-refractivity contribution >= 4 is 29.2 Å². The second-order valence-electron chi connectivity index (χ2n) is 5.00. The molecule has 0 aliphatic heterocycles. The molecule has 4 aromatic rings. The van der Waals surface area contributed by atoms with Crippen LogP contribution >= 0.6 is 0 Å². The Morgan fingerprint density at radius 3 is 1.92 bits per heavy atom. The fraction of sp³-hybridized carbons (Fsp3) is 0. The summed E-state index contributed by atoms with van der Waals surface area (Å²) in [5.41, 5.74) is 2.50. The molecule has 7 heteroatoms. The van der Waals surface area contributed by atoms with Gasteiger partial charge in [0, 0.05) is 12.1 Å². The van der Waals surface area contributed by atoms with E-state index in [4.69, 9.17) is 8.83 Å². The zero-order valence-corrected chi connectivity index (χ0v) is 12.3. The van der Waals surface area contributed by atoms with Crippen LogP contribution in [-0.2, 0) is 0 Å². The molecule has 0 unspecified atom stereocenters. The SMILES string of the molecule is F[B-](F)(F)F.c1ccc(-c2oc3cc4ccccc4cc3[o+]2)cc1. The van der Waals surface area contributed by atoms with Gasteiger partial charge in [-0.15, -0.1) is 0 Å². The van der Waals surface area contributed by atoms with E-state index in [0.29, 0.717) is 5.96 Å². The van der Waals surface area contributed by atoms with Gasteiger partial charge in [0.05, 0.1) is 0 Å². The molecular formula is C17H11BF4O2. The van der Waals surface area contributed by atoms with E-state index in [-0.39, 0.29) is 0 Å². The summed E-state index contributed by atoms with van der Waals surface area (Å²) in [7, 11) is -6.00. The second-order valence-corrected chi connectivity index (χ2v) is 5.00. The van der Waals surface area contributed by atoms with Gasteiger partial charge in [-0.1, -0.05) is 42.5 Å². The fourth-order valence-electron chi connectivity index (χ4n) is 2.27. The lowest BCUT2D eigenvalue weighted by Crippen LogP contribution is -2.02. The van der Waals surface area contributed by atoms with Crippen molar-refractivity contribution in [3.8, 4) is 11.5 Å². The smallest absolute Gasteiger partial charge is 0.418 e. The monoisotopic (exact) mass is 334 g/mol. The first-order valence-electron chi connectivity index (χ1n) is 7.08. The predicted octanol–water partition coefficient (Wildman–Crippen LogP) is 6.43. The summed E-state index contributed by atoms with van der Waals surface area (Å²) >= 11 is 0. The van der Waals surface area contributed by atoms with Crippen LogP contribution in [0.15, 0.2) is 75.6 Å². The van der Waals surface area contributed by atoms with Gasteiger partial charge in [0.1, 0.15) is 5.56 Å². The van der Waals surface area contributed by atoms with Gasteiger partial charge >= 0.3 is 24.4 Å². The third kappa shape index (κ3) is 3.92. The highest BCUT2D eigenvalue weighted by molar-refractivity contribution is 6.50. The molecule has 1 aromatic heterocycles. The molecule has 0 saturated carbocycles. The topological polar surface area (TPSA) is 24.4 Å². The van der Waals surface area contributed by atoms with Crippen LogP contribution in [0.1, 0.15) is 0 Å². The summed E-state index contributed by atoms with van der Waals surface area (Å²) in [4.78, 5) is 0. The molecule has 0 amide bonds. The predicted molar refractivity (Wildman–Crippen MR) is 86.0 cm³/mol.